The summed E-state index contributed by atoms with van der Waals surface area (Å²) in [7, 11) is 0. The summed E-state index contributed by atoms with van der Waals surface area (Å²) in [5.74, 6) is 1.07. The second-order valence-electron chi connectivity index (χ2n) is 7.82. The van der Waals surface area contributed by atoms with E-state index in [0.29, 0.717) is 18.3 Å². The number of aryl methyl sites for hydroxylation is 1. The number of pyridine rings is 1. The van der Waals surface area contributed by atoms with Gasteiger partial charge >= 0.3 is 0 Å². The molecule has 1 aliphatic rings. The second-order valence-corrected chi connectivity index (χ2v) is 8.59. The Balaban J connectivity index is 1.50. The van der Waals surface area contributed by atoms with Crippen molar-refractivity contribution < 1.29 is 5.11 Å². The number of aromatic hydroxyl groups is 1. The number of anilines is 1. The Hall–Kier alpha value is -1.91. The third-order valence-electron chi connectivity index (χ3n) is 5.67. The molecule has 8 heteroatoms. The molecule has 4 rings (SSSR count). The Morgan fingerprint density at radius 1 is 1.13 bits per heavy atom. The molecule has 0 amide bonds. The van der Waals surface area contributed by atoms with Crippen LogP contribution in [0.25, 0.3) is 11.0 Å². The maximum absolute atomic E-state index is 10.3. The summed E-state index contributed by atoms with van der Waals surface area (Å²) in [6.45, 7) is 6.77. The van der Waals surface area contributed by atoms with Gasteiger partial charge in [-0.05, 0) is 44.0 Å². The van der Waals surface area contributed by atoms with E-state index in [1.54, 1.807) is 6.07 Å². The summed E-state index contributed by atoms with van der Waals surface area (Å²) < 4.78 is 3.13. The minimum Gasteiger partial charge on any atom is -0.506 e. The summed E-state index contributed by atoms with van der Waals surface area (Å²) in [5, 5.41) is 17.4. The van der Waals surface area contributed by atoms with Gasteiger partial charge in [-0.2, -0.15) is 0 Å². The van der Waals surface area contributed by atoms with Gasteiger partial charge in [-0.1, -0.05) is 34.7 Å². The van der Waals surface area contributed by atoms with Crippen molar-refractivity contribution in [3.05, 3.63) is 47.8 Å². The summed E-state index contributed by atoms with van der Waals surface area (Å²) in [4.78, 5) is 11.9. The normalized spacial score (nSPS) is 15.7. The van der Waals surface area contributed by atoms with Gasteiger partial charge in [0.2, 0.25) is 5.95 Å². The van der Waals surface area contributed by atoms with E-state index in [1.165, 1.54) is 0 Å². The van der Waals surface area contributed by atoms with Crippen LogP contribution in [0.5, 0.6) is 5.75 Å². The van der Waals surface area contributed by atoms with Gasteiger partial charge in [-0.15, -0.1) is 0 Å². The first-order valence-electron chi connectivity index (χ1n) is 10.5. The topological polar surface area (TPSA) is 78.2 Å². The Morgan fingerprint density at radius 3 is 2.73 bits per heavy atom. The number of hydrogen-bond acceptors (Lipinski definition) is 6. The average Bonchev–Trinajstić information content (AvgIpc) is 3.09. The lowest BCUT2D eigenvalue weighted by Gasteiger charge is -2.32. The van der Waals surface area contributed by atoms with E-state index in [0.717, 1.165) is 66.2 Å². The smallest absolute Gasteiger partial charge is 0.204 e. The lowest BCUT2D eigenvalue weighted by atomic mass is 10.1. The van der Waals surface area contributed by atoms with Crippen molar-refractivity contribution in [2.24, 2.45) is 0 Å². The molecule has 1 aromatic carbocycles. The zero-order chi connectivity index (χ0) is 20.9. The first-order valence-corrected chi connectivity index (χ1v) is 12.0. The van der Waals surface area contributed by atoms with Gasteiger partial charge in [0.1, 0.15) is 11.4 Å². The van der Waals surface area contributed by atoms with E-state index in [9.17, 15) is 5.11 Å². The maximum Gasteiger partial charge on any atom is 0.204 e. The lowest BCUT2D eigenvalue weighted by molar-refractivity contribution is 0.220. The van der Waals surface area contributed by atoms with Crippen molar-refractivity contribution in [2.75, 3.05) is 36.0 Å². The SMILES string of the molecule is Cc1ccc(O)c(Cn2c(NC3CCN(CCNCI)CC3)nc3ccccc32)n1. The molecular formula is C22H29IN6O. The molecule has 1 fully saturated rings. The molecule has 30 heavy (non-hydrogen) atoms. The zero-order valence-corrected chi connectivity index (χ0v) is 19.5. The van der Waals surface area contributed by atoms with Crippen molar-refractivity contribution >= 4 is 39.6 Å². The van der Waals surface area contributed by atoms with Crippen LogP contribution in [-0.4, -0.2) is 61.3 Å². The van der Waals surface area contributed by atoms with Crippen molar-refractivity contribution in [3.63, 3.8) is 0 Å². The fourth-order valence-electron chi connectivity index (χ4n) is 4.00. The monoisotopic (exact) mass is 520 g/mol. The number of nitrogens with one attached hydrogen (secondary N) is 2. The van der Waals surface area contributed by atoms with Crippen molar-refractivity contribution in [1.82, 2.24) is 24.8 Å². The number of aromatic nitrogens is 3. The molecule has 0 spiro atoms. The number of halogens is 1. The van der Waals surface area contributed by atoms with E-state index in [-0.39, 0.29) is 5.75 Å². The molecule has 0 aliphatic carbocycles. The van der Waals surface area contributed by atoms with Crippen molar-refractivity contribution in [1.29, 1.82) is 0 Å². The van der Waals surface area contributed by atoms with Crippen LogP contribution in [0.4, 0.5) is 5.95 Å². The number of nitrogens with zero attached hydrogens (tertiary/aromatic N) is 4. The highest BCUT2D eigenvalue weighted by Crippen LogP contribution is 2.25. The first-order chi connectivity index (χ1) is 14.6. The van der Waals surface area contributed by atoms with Gasteiger partial charge in [-0.3, -0.25) is 4.98 Å². The minimum absolute atomic E-state index is 0.220. The molecule has 2 aromatic heterocycles. The number of benzene rings is 1. The molecule has 0 radical (unpaired) electrons. The predicted molar refractivity (Wildman–Crippen MR) is 129 cm³/mol. The van der Waals surface area contributed by atoms with Crippen molar-refractivity contribution in [3.8, 4) is 5.75 Å². The molecule has 0 unspecified atom stereocenters. The molecule has 0 saturated carbocycles. The number of piperidine rings is 1. The molecule has 0 atom stereocenters. The van der Waals surface area contributed by atoms with E-state index in [1.807, 2.05) is 31.2 Å². The highest BCUT2D eigenvalue weighted by molar-refractivity contribution is 14.1. The van der Waals surface area contributed by atoms with Crippen LogP contribution in [0, 0.1) is 6.92 Å². The number of para-hydroxylation sites is 2. The van der Waals surface area contributed by atoms with Crippen LogP contribution in [0.15, 0.2) is 36.4 Å². The largest absolute Gasteiger partial charge is 0.506 e. The highest BCUT2D eigenvalue weighted by atomic mass is 127. The van der Waals surface area contributed by atoms with Gasteiger partial charge in [-0.25, -0.2) is 4.98 Å². The Bertz CT molecular complexity index is 983. The standard InChI is InChI=1S/C22H29IN6O/c1-16-6-7-21(30)19(25-16)14-29-20-5-3-2-4-18(20)27-22(29)26-17-8-11-28(12-9-17)13-10-24-15-23/h2-7,17,24,30H,8-15H2,1H3,(H,26,27). The number of rotatable bonds is 8. The molecule has 3 aromatic rings. The number of likely N-dealkylation sites (tertiary alicyclic amines) is 1. The van der Waals surface area contributed by atoms with Crippen LogP contribution in [0.1, 0.15) is 24.2 Å². The first kappa shape index (κ1) is 21.3. The van der Waals surface area contributed by atoms with E-state index in [4.69, 9.17) is 4.98 Å². The van der Waals surface area contributed by atoms with Gasteiger partial charge in [0, 0.05) is 42.5 Å². The Labute approximate surface area is 191 Å². The third kappa shape index (κ3) is 5.04. The van der Waals surface area contributed by atoms with Crippen LogP contribution >= 0.6 is 22.6 Å². The highest BCUT2D eigenvalue weighted by Gasteiger charge is 2.21. The molecule has 7 nitrogen and oxygen atoms in total. The molecular weight excluding hydrogens is 491 g/mol. The maximum atomic E-state index is 10.3. The van der Waals surface area contributed by atoms with Gasteiger partial charge < -0.3 is 25.2 Å². The number of fused-ring (bicyclic) bond motifs is 1. The van der Waals surface area contributed by atoms with E-state index < -0.39 is 0 Å². The summed E-state index contributed by atoms with van der Waals surface area (Å²) in [6, 6.07) is 12.1. The van der Waals surface area contributed by atoms with Crippen molar-refractivity contribution in [2.45, 2.75) is 32.4 Å². The molecule has 1 aliphatic heterocycles. The average molecular weight is 520 g/mol. The summed E-state index contributed by atoms with van der Waals surface area (Å²) >= 11 is 2.35. The lowest BCUT2D eigenvalue weighted by Crippen LogP contribution is -2.42. The minimum atomic E-state index is 0.220. The molecule has 1 saturated heterocycles. The summed E-state index contributed by atoms with van der Waals surface area (Å²) in [6.07, 6.45) is 2.20. The Morgan fingerprint density at radius 2 is 1.93 bits per heavy atom. The zero-order valence-electron chi connectivity index (χ0n) is 17.3. The van der Waals surface area contributed by atoms with Crippen LogP contribution in [0.3, 0.4) is 0 Å². The van der Waals surface area contributed by atoms with Gasteiger partial charge in [0.25, 0.3) is 0 Å². The number of alkyl halides is 1. The van der Waals surface area contributed by atoms with E-state index in [2.05, 4.69) is 53.7 Å². The summed E-state index contributed by atoms with van der Waals surface area (Å²) in [5.41, 5.74) is 3.56. The number of hydrogen-bond donors (Lipinski definition) is 3. The van der Waals surface area contributed by atoms with Gasteiger partial charge in [0.15, 0.2) is 0 Å². The fraction of sp³-hybridized carbons (Fsp3) is 0.455. The fourth-order valence-corrected chi connectivity index (χ4v) is 4.38. The van der Waals surface area contributed by atoms with E-state index >= 15 is 0 Å². The van der Waals surface area contributed by atoms with Crippen LogP contribution in [0.2, 0.25) is 0 Å². The third-order valence-corrected chi connectivity index (χ3v) is 6.21. The molecule has 3 N–H and O–H groups in total. The molecule has 0 bridgehead atoms. The Kier molecular flexibility index (Phi) is 7.06. The number of imidazole rings is 1. The predicted octanol–water partition coefficient (Wildman–Crippen LogP) is 3.35. The second kappa shape index (κ2) is 9.93. The van der Waals surface area contributed by atoms with Crippen LogP contribution < -0.4 is 10.6 Å². The molecule has 3 heterocycles. The van der Waals surface area contributed by atoms with Gasteiger partial charge in [0.05, 0.1) is 17.6 Å². The molecule has 160 valence electrons. The van der Waals surface area contributed by atoms with Crippen LogP contribution in [-0.2, 0) is 6.54 Å². The quantitative estimate of drug-likeness (QED) is 0.183.